The van der Waals surface area contributed by atoms with E-state index in [0.29, 0.717) is 5.56 Å². The number of thioether (sulfide) groups is 1. The summed E-state index contributed by atoms with van der Waals surface area (Å²) in [5, 5.41) is 21.3. The number of phenols is 2. The number of amides is 1. The number of nitrogens with zero attached hydrogens (tertiary/aromatic N) is 1. The summed E-state index contributed by atoms with van der Waals surface area (Å²) in [4.78, 5) is 16.2. The van der Waals surface area contributed by atoms with Crippen LogP contribution in [-0.2, 0) is 11.0 Å². The van der Waals surface area contributed by atoms with E-state index in [2.05, 4.69) is 10.3 Å². The van der Waals surface area contributed by atoms with Crippen molar-refractivity contribution in [3.05, 3.63) is 57.5 Å². The highest BCUT2D eigenvalue weighted by Crippen LogP contribution is 2.37. The Balaban J connectivity index is 1.89. The van der Waals surface area contributed by atoms with Crippen molar-refractivity contribution in [2.45, 2.75) is 6.18 Å². The number of halogens is 4. The molecule has 0 radical (unpaired) electrons. The van der Waals surface area contributed by atoms with Crippen LogP contribution in [0.15, 0.2) is 46.3 Å². The van der Waals surface area contributed by atoms with Crippen LogP contribution in [0.5, 0.6) is 11.5 Å². The fourth-order valence-corrected chi connectivity index (χ4v) is 3.14. The van der Waals surface area contributed by atoms with E-state index in [0.717, 1.165) is 30.0 Å². The Morgan fingerprint density at radius 1 is 1.11 bits per heavy atom. The van der Waals surface area contributed by atoms with Crippen LogP contribution in [-0.4, -0.2) is 21.3 Å². The summed E-state index contributed by atoms with van der Waals surface area (Å²) >= 11 is 6.80. The third-order valence-corrected chi connectivity index (χ3v) is 4.67. The van der Waals surface area contributed by atoms with Crippen LogP contribution in [0, 0.1) is 0 Å². The van der Waals surface area contributed by atoms with E-state index in [9.17, 15) is 28.2 Å². The number of hydrogen-bond acceptors (Lipinski definition) is 5. The Morgan fingerprint density at radius 3 is 2.52 bits per heavy atom. The lowest BCUT2D eigenvalue weighted by atomic mass is 10.2. The van der Waals surface area contributed by atoms with Crippen molar-refractivity contribution >= 4 is 46.2 Å². The average molecular weight is 415 g/mol. The molecule has 0 spiro atoms. The van der Waals surface area contributed by atoms with Crippen LogP contribution >= 0.6 is 23.4 Å². The van der Waals surface area contributed by atoms with Gasteiger partial charge in [-0.3, -0.25) is 4.79 Å². The highest BCUT2D eigenvalue weighted by Gasteiger charge is 2.31. The highest BCUT2D eigenvalue weighted by molar-refractivity contribution is 8.18. The number of rotatable bonds is 2. The van der Waals surface area contributed by atoms with Gasteiger partial charge in [0.05, 0.1) is 21.2 Å². The summed E-state index contributed by atoms with van der Waals surface area (Å²) in [5.41, 5.74) is -0.588. The standard InChI is InChI=1S/C17H10ClF3N2O3S/c18-10-3-2-9(17(19,20)21)7-11(10)22-16-23-15(26)14(27-16)6-8-1-4-12(24)13(25)5-8/h1-7,24-25H,(H,22,23,26). The van der Waals surface area contributed by atoms with Gasteiger partial charge in [-0.2, -0.15) is 13.2 Å². The lowest BCUT2D eigenvalue weighted by Gasteiger charge is -2.08. The second kappa shape index (κ2) is 7.16. The molecule has 140 valence electrons. The van der Waals surface area contributed by atoms with Gasteiger partial charge >= 0.3 is 6.18 Å². The quantitative estimate of drug-likeness (QED) is 0.493. The number of carbonyl (C=O) groups excluding carboxylic acids is 1. The molecule has 3 N–H and O–H groups in total. The molecule has 1 amide bonds. The van der Waals surface area contributed by atoms with Crippen LogP contribution in [0.2, 0.25) is 5.02 Å². The predicted molar refractivity (Wildman–Crippen MR) is 97.0 cm³/mol. The first-order valence-corrected chi connectivity index (χ1v) is 8.51. The predicted octanol–water partition coefficient (Wildman–Crippen LogP) is 4.66. The molecule has 27 heavy (non-hydrogen) atoms. The molecule has 1 heterocycles. The van der Waals surface area contributed by atoms with Crippen LogP contribution in [0.1, 0.15) is 11.1 Å². The molecule has 1 aliphatic rings. The molecule has 0 bridgehead atoms. The zero-order chi connectivity index (χ0) is 19.8. The van der Waals surface area contributed by atoms with Gasteiger partial charge in [-0.25, -0.2) is 4.99 Å². The third-order valence-electron chi connectivity index (χ3n) is 3.44. The van der Waals surface area contributed by atoms with Crippen molar-refractivity contribution in [3.8, 4) is 11.5 Å². The van der Waals surface area contributed by atoms with E-state index in [1.54, 1.807) is 0 Å². The Bertz CT molecular complexity index is 990. The second-order valence-corrected chi connectivity index (χ2v) is 6.83. The van der Waals surface area contributed by atoms with Gasteiger partial charge in [-0.15, -0.1) is 0 Å². The van der Waals surface area contributed by atoms with Crippen LogP contribution < -0.4 is 5.32 Å². The maximum absolute atomic E-state index is 12.8. The van der Waals surface area contributed by atoms with Gasteiger partial charge in [0.15, 0.2) is 16.7 Å². The van der Waals surface area contributed by atoms with Crippen LogP contribution in [0.4, 0.5) is 18.9 Å². The maximum atomic E-state index is 12.8. The van der Waals surface area contributed by atoms with Crippen molar-refractivity contribution in [2.24, 2.45) is 4.99 Å². The normalized spacial score (nSPS) is 17.6. The zero-order valence-electron chi connectivity index (χ0n) is 13.2. The molecular formula is C17H10ClF3N2O3S. The van der Waals surface area contributed by atoms with Gasteiger partial charge in [-0.05, 0) is 53.7 Å². The molecule has 0 saturated carbocycles. The third kappa shape index (κ3) is 4.37. The number of alkyl halides is 3. The lowest BCUT2D eigenvalue weighted by Crippen LogP contribution is -2.19. The van der Waals surface area contributed by atoms with Gasteiger partial charge in [0.1, 0.15) is 0 Å². The molecule has 10 heteroatoms. The van der Waals surface area contributed by atoms with Crippen molar-refractivity contribution in [1.29, 1.82) is 0 Å². The van der Waals surface area contributed by atoms with E-state index < -0.39 is 17.6 Å². The van der Waals surface area contributed by atoms with Crippen LogP contribution in [0.25, 0.3) is 6.08 Å². The molecular weight excluding hydrogens is 405 g/mol. The van der Waals surface area contributed by atoms with Gasteiger partial charge < -0.3 is 15.5 Å². The topological polar surface area (TPSA) is 81.9 Å². The Labute approximate surface area is 160 Å². The summed E-state index contributed by atoms with van der Waals surface area (Å²) in [7, 11) is 0. The first-order chi connectivity index (χ1) is 12.6. The monoisotopic (exact) mass is 414 g/mol. The Kier molecular flexibility index (Phi) is 5.07. The minimum Gasteiger partial charge on any atom is -0.504 e. The minimum atomic E-state index is -4.54. The second-order valence-electron chi connectivity index (χ2n) is 5.39. The molecule has 5 nitrogen and oxygen atoms in total. The highest BCUT2D eigenvalue weighted by atomic mass is 35.5. The SMILES string of the molecule is O=C1NC(=Nc2cc(C(F)(F)F)ccc2Cl)SC1=Cc1ccc(O)c(O)c1. The largest absolute Gasteiger partial charge is 0.504 e. The first kappa shape index (κ1) is 19.1. The number of carbonyl (C=O) groups is 1. The number of nitrogens with one attached hydrogen (secondary N) is 1. The summed E-state index contributed by atoms with van der Waals surface area (Å²) in [6, 6.07) is 6.72. The van der Waals surface area contributed by atoms with E-state index in [1.807, 2.05) is 0 Å². The molecule has 1 saturated heterocycles. The summed E-state index contributed by atoms with van der Waals surface area (Å²) in [6.07, 6.45) is -3.10. The van der Waals surface area contributed by atoms with Gasteiger partial charge in [0.2, 0.25) is 0 Å². The van der Waals surface area contributed by atoms with Crippen molar-refractivity contribution in [3.63, 3.8) is 0 Å². The number of aromatic hydroxyl groups is 2. The number of benzene rings is 2. The smallest absolute Gasteiger partial charge is 0.416 e. The van der Waals surface area contributed by atoms with Crippen molar-refractivity contribution in [2.75, 3.05) is 0 Å². The molecule has 0 unspecified atom stereocenters. The van der Waals surface area contributed by atoms with E-state index in [1.165, 1.54) is 24.3 Å². The number of amidine groups is 1. The average Bonchev–Trinajstić information content (AvgIpc) is 2.91. The van der Waals surface area contributed by atoms with Crippen molar-refractivity contribution < 1.29 is 28.2 Å². The first-order valence-electron chi connectivity index (χ1n) is 7.32. The maximum Gasteiger partial charge on any atom is 0.416 e. The van der Waals surface area contributed by atoms with Crippen LogP contribution in [0.3, 0.4) is 0 Å². The fraction of sp³-hybridized carbons (Fsp3) is 0.0588. The molecule has 0 aliphatic carbocycles. The van der Waals surface area contributed by atoms with Gasteiger partial charge in [-0.1, -0.05) is 17.7 Å². The summed E-state index contributed by atoms with van der Waals surface area (Å²) < 4.78 is 38.5. The molecule has 2 aromatic carbocycles. The van der Waals surface area contributed by atoms with E-state index in [-0.39, 0.29) is 32.3 Å². The summed E-state index contributed by atoms with van der Waals surface area (Å²) in [6.45, 7) is 0. The van der Waals surface area contributed by atoms with E-state index in [4.69, 9.17) is 11.6 Å². The van der Waals surface area contributed by atoms with Gasteiger partial charge in [0, 0.05) is 0 Å². The summed E-state index contributed by atoms with van der Waals surface area (Å²) in [5.74, 6) is -1.16. The molecule has 0 aromatic heterocycles. The fourth-order valence-electron chi connectivity index (χ4n) is 2.15. The zero-order valence-corrected chi connectivity index (χ0v) is 14.8. The Hall–Kier alpha value is -2.65. The molecule has 3 rings (SSSR count). The number of hydrogen-bond donors (Lipinski definition) is 3. The van der Waals surface area contributed by atoms with E-state index >= 15 is 0 Å². The Morgan fingerprint density at radius 2 is 1.85 bits per heavy atom. The lowest BCUT2D eigenvalue weighted by molar-refractivity contribution is -0.137. The molecule has 1 fully saturated rings. The molecule has 0 atom stereocenters. The number of phenolic OH excluding ortho intramolecular Hbond substituents is 2. The minimum absolute atomic E-state index is 0.00577. The van der Waals surface area contributed by atoms with Crippen molar-refractivity contribution in [1.82, 2.24) is 5.32 Å². The number of aliphatic imine (C=N–C) groups is 1. The van der Waals surface area contributed by atoms with Gasteiger partial charge in [0.25, 0.3) is 5.91 Å². The molecule has 1 aliphatic heterocycles. The molecule has 2 aromatic rings.